The first-order valence-corrected chi connectivity index (χ1v) is 19.6. The number of nitrogens with one attached hydrogen (secondary N) is 2. The zero-order chi connectivity index (χ0) is 34.8. The number of rotatable bonds is 16. The number of alkyl carbamates (subject to hydrolysis) is 1. The van der Waals surface area contributed by atoms with Crippen LogP contribution in [-0.2, 0) is 33.3 Å². The minimum atomic E-state index is -2.41. The van der Waals surface area contributed by atoms with Gasteiger partial charge in [-0.2, -0.15) is 0 Å². The average molecular weight is 665 g/mol. The Morgan fingerprint density at radius 1 is 0.936 bits per heavy atom. The third kappa shape index (κ3) is 11.6. The monoisotopic (exact) mass is 664 g/mol. The lowest BCUT2D eigenvalue weighted by Crippen LogP contribution is -2.54. The van der Waals surface area contributed by atoms with Gasteiger partial charge < -0.3 is 29.5 Å². The number of hydrogen-bond donors (Lipinski definition) is 3. The van der Waals surface area contributed by atoms with Gasteiger partial charge in [0.15, 0.2) is 8.32 Å². The van der Waals surface area contributed by atoms with Gasteiger partial charge in [-0.15, -0.1) is 0 Å². The molecular formula is C37H56N4O5Si. The highest BCUT2D eigenvalue weighted by molar-refractivity contribution is 6.74. The maximum absolute atomic E-state index is 14.1. The van der Waals surface area contributed by atoms with Gasteiger partial charge in [0.05, 0.1) is 25.3 Å². The summed E-state index contributed by atoms with van der Waals surface area (Å²) in [6.07, 6.45) is 3.86. The van der Waals surface area contributed by atoms with Crippen LogP contribution in [0.15, 0.2) is 73.1 Å². The standard InChI is InChI=1S/C37H56N4O5Si/c1-27(2)41-21-20-38-33(41)25-39-34(43)30(22-28-16-12-10-13-17-28)24-32(46-47(8,9)36(3,4)5)31(23-29-18-14-11-15-19-29)40-35(44)45-37(6,7)26-42/h10-21,27,30-32,42H,22-26H2,1-9H3,(H,39,43)(H,40,44)/t30-,31+,32+/m1/s1. The molecule has 3 rings (SSSR count). The molecule has 0 aliphatic heterocycles. The van der Waals surface area contributed by atoms with Crippen LogP contribution in [-0.4, -0.2) is 59.3 Å². The van der Waals surface area contributed by atoms with Crippen LogP contribution in [0.2, 0.25) is 18.1 Å². The van der Waals surface area contributed by atoms with Gasteiger partial charge in [0.1, 0.15) is 11.4 Å². The molecule has 258 valence electrons. The third-order valence-electron chi connectivity index (χ3n) is 8.99. The molecule has 47 heavy (non-hydrogen) atoms. The summed E-state index contributed by atoms with van der Waals surface area (Å²) in [5.41, 5.74) is 1.00. The van der Waals surface area contributed by atoms with E-state index in [1.165, 1.54) is 0 Å². The van der Waals surface area contributed by atoms with E-state index in [1.54, 1.807) is 20.0 Å². The van der Waals surface area contributed by atoms with Crippen molar-refractivity contribution in [3.63, 3.8) is 0 Å². The number of ether oxygens (including phenoxy) is 1. The second-order valence-corrected chi connectivity index (χ2v) is 19.6. The van der Waals surface area contributed by atoms with Crippen molar-refractivity contribution in [3.8, 4) is 0 Å². The number of hydrogen-bond acceptors (Lipinski definition) is 6. The topological polar surface area (TPSA) is 115 Å². The average Bonchev–Trinajstić information content (AvgIpc) is 3.48. The fraction of sp³-hybridized carbons (Fsp3) is 0.541. The van der Waals surface area contributed by atoms with Crippen LogP contribution in [0, 0.1) is 5.92 Å². The maximum atomic E-state index is 14.1. The molecule has 1 heterocycles. The molecule has 0 saturated heterocycles. The summed E-state index contributed by atoms with van der Waals surface area (Å²) >= 11 is 0. The van der Waals surface area contributed by atoms with Crippen LogP contribution in [0.25, 0.3) is 0 Å². The number of nitrogens with zero attached hydrogens (tertiary/aromatic N) is 2. The lowest BCUT2D eigenvalue weighted by Gasteiger charge is -2.42. The molecule has 0 radical (unpaired) electrons. The zero-order valence-electron chi connectivity index (χ0n) is 29.7. The fourth-order valence-electron chi connectivity index (χ4n) is 5.18. The zero-order valence-corrected chi connectivity index (χ0v) is 30.7. The first-order chi connectivity index (χ1) is 22.0. The van der Waals surface area contributed by atoms with Gasteiger partial charge in [-0.05, 0) is 76.2 Å². The molecule has 3 atom stereocenters. The molecule has 2 aromatic carbocycles. The van der Waals surface area contributed by atoms with Crippen LogP contribution >= 0.6 is 0 Å². The van der Waals surface area contributed by atoms with Crippen LogP contribution in [0.3, 0.4) is 0 Å². The number of amides is 2. The van der Waals surface area contributed by atoms with Crippen molar-refractivity contribution in [2.24, 2.45) is 5.92 Å². The number of aliphatic hydroxyl groups excluding tert-OH is 1. The lowest BCUT2D eigenvalue weighted by atomic mass is 9.88. The molecule has 0 aliphatic rings. The second-order valence-electron chi connectivity index (χ2n) is 14.8. The Balaban J connectivity index is 2.02. The maximum Gasteiger partial charge on any atom is 0.408 e. The van der Waals surface area contributed by atoms with Gasteiger partial charge in [0, 0.05) is 24.4 Å². The van der Waals surface area contributed by atoms with Gasteiger partial charge in [-0.3, -0.25) is 4.79 Å². The molecule has 1 aromatic heterocycles. The van der Waals surface area contributed by atoms with E-state index in [2.05, 4.69) is 67.9 Å². The SMILES string of the molecule is CC(C)n1ccnc1CNC(=O)[C@H](Cc1ccccc1)C[C@H](O[Si](C)(C)C(C)(C)C)[C@H](Cc1ccccc1)NC(=O)OC(C)(C)CO. The highest BCUT2D eigenvalue weighted by Crippen LogP contribution is 2.39. The Morgan fingerprint density at radius 3 is 2.04 bits per heavy atom. The molecule has 0 aliphatic carbocycles. The van der Waals surface area contributed by atoms with Gasteiger partial charge >= 0.3 is 6.09 Å². The van der Waals surface area contributed by atoms with Gasteiger partial charge in [-0.25, -0.2) is 9.78 Å². The van der Waals surface area contributed by atoms with E-state index in [-0.39, 0.29) is 23.6 Å². The van der Waals surface area contributed by atoms with Crippen molar-refractivity contribution in [2.75, 3.05) is 6.61 Å². The molecule has 0 spiro atoms. The van der Waals surface area contributed by atoms with Crippen molar-refractivity contribution >= 4 is 20.3 Å². The Labute approximate surface area is 282 Å². The Bertz CT molecular complexity index is 1400. The summed E-state index contributed by atoms with van der Waals surface area (Å²) in [7, 11) is -2.41. The molecule has 2 amide bonds. The molecule has 0 bridgehead atoms. The van der Waals surface area contributed by atoms with E-state index in [0.29, 0.717) is 25.8 Å². The Morgan fingerprint density at radius 2 is 1.51 bits per heavy atom. The van der Waals surface area contributed by atoms with Gasteiger partial charge in [-0.1, -0.05) is 81.4 Å². The van der Waals surface area contributed by atoms with Crippen molar-refractivity contribution in [2.45, 2.75) is 116 Å². The number of carbonyl (C=O) groups excluding carboxylic acids is 2. The second kappa shape index (κ2) is 16.6. The summed E-state index contributed by atoms with van der Waals surface area (Å²) in [5, 5.41) is 15.9. The first-order valence-electron chi connectivity index (χ1n) is 16.7. The molecule has 3 N–H and O–H groups in total. The van der Waals surface area contributed by atoms with E-state index >= 15 is 0 Å². The number of aromatic nitrogens is 2. The Kier molecular flexibility index (Phi) is 13.4. The minimum absolute atomic E-state index is 0.0987. The smallest absolute Gasteiger partial charge is 0.408 e. The van der Waals surface area contributed by atoms with E-state index < -0.39 is 38.1 Å². The van der Waals surface area contributed by atoms with Crippen LogP contribution in [0.5, 0.6) is 0 Å². The van der Waals surface area contributed by atoms with Crippen molar-refractivity contribution in [1.29, 1.82) is 0 Å². The summed E-state index contributed by atoms with van der Waals surface area (Å²) in [5.74, 6) is 0.233. The largest absolute Gasteiger partial charge is 0.441 e. The van der Waals surface area contributed by atoms with Crippen LogP contribution < -0.4 is 10.6 Å². The molecular weight excluding hydrogens is 609 g/mol. The third-order valence-corrected chi connectivity index (χ3v) is 13.5. The number of aliphatic hydroxyl groups is 1. The minimum Gasteiger partial charge on any atom is -0.441 e. The normalized spacial score (nSPS) is 14.4. The molecule has 10 heteroatoms. The number of imidazole rings is 1. The van der Waals surface area contributed by atoms with Crippen molar-refractivity contribution < 1.29 is 23.9 Å². The number of benzene rings is 2. The summed E-state index contributed by atoms with van der Waals surface area (Å²) in [4.78, 5) is 31.9. The van der Waals surface area contributed by atoms with Gasteiger partial charge in [0.25, 0.3) is 0 Å². The van der Waals surface area contributed by atoms with E-state index in [1.807, 2.05) is 66.9 Å². The quantitative estimate of drug-likeness (QED) is 0.145. The molecule has 3 aromatic rings. The van der Waals surface area contributed by atoms with Gasteiger partial charge in [0.2, 0.25) is 5.91 Å². The van der Waals surface area contributed by atoms with E-state index in [0.717, 1.165) is 17.0 Å². The van der Waals surface area contributed by atoms with Crippen LogP contribution in [0.4, 0.5) is 4.79 Å². The Hall–Kier alpha value is -3.47. The predicted octanol–water partition coefficient (Wildman–Crippen LogP) is 6.83. The molecule has 9 nitrogen and oxygen atoms in total. The van der Waals surface area contributed by atoms with E-state index in [4.69, 9.17) is 9.16 Å². The van der Waals surface area contributed by atoms with Crippen molar-refractivity contribution in [3.05, 3.63) is 90.0 Å². The van der Waals surface area contributed by atoms with E-state index in [9.17, 15) is 14.7 Å². The predicted molar refractivity (Wildman–Crippen MR) is 189 cm³/mol. The summed E-state index contributed by atoms with van der Waals surface area (Å²) in [6, 6.07) is 19.6. The molecule has 0 fully saturated rings. The molecule has 0 unspecified atom stereocenters. The first kappa shape index (κ1) is 38.0. The number of carbonyl (C=O) groups is 2. The molecule has 0 saturated carbocycles. The van der Waals surface area contributed by atoms with Crippen molar-refractivity contribution in [1.82, 2.24) is 20.2 Å². The van der Waals surface area contributed by atoms with Crippen LogP contribution in [0.1, 0.15) is 77.9 Å². The summed E-state index contributed by atoms with van der Waals surface area (Å²) < 4.78 is 14.8. The lowest BCUT2D eigenvalue weighted by molar-refractivity contribution is -0.126. The highest BCUT2D eigenvalue weighted by atomic mass is 28.4. The summed E-state index contributed by atoms with van der Waals surface area (Å²) in [6.45, 7) is 18.4. The fourth-order valence-corrected chi connectivity index (χ4v) is 6.55. The highest BCUT2D eigenvalue weighted by Gasteiger charge is 2.42.